The van der Waals surface area contributed by atoms with Crippen molar-refractivity contribution in [1.29, 1.82) is 0 Å². The van der Waals surface area contributed by atoms with E-state index in [1.165, 1.54) is 25.9 Å². The Balaban J connectivity index is 2.44. The molecular formula is C13H14ClN3O3. The first-order chi connectivity index (χ1) is 9.56. The van der Waals surface area contributed by atoms with Gasteiger partial charge in [-0.1, -0.05) is 17.7 Å². The van der Waals surface area contributed by atoms with Crippen molar-refractivity contribution in [2.24, 2.45) is 0 Å². The number of aromatic nitrogens is 2. The van der Waals surface area contributed by atoms with E-state index in [4.69, 9.17) is 21.2 Å². The minimum Gasteiger partial charge on any atom is -0.481 e. The van der Waals surface area contributed by atoms with E-state index in [2.05, 4.69) is 5.10 Å². The highest BCUT2D eigenvalue weighted by molar-refractivity contribution is 6.30. The van der Waals surface area contributed by atoms with E-state index in [0.29, 0.717) is 16.6 Å². The molecule has 0 bridgehead atoms. The smallest absolute Gasteiger partial charge is 0.297 e. The number of ether oxygens (including phenoxy) is 1. The van der Waals surface area contributed by atoms with Gasteiger partial charge in [-0.25, -0.2) is 9.75 Å². The van der Waals surface area contributed by atoms with E-state index in [0.717, 1.165) is 5.06 Å². The summed E-state index contributed by atoms with van der Waals surface area (Å²) >= 11 is 5.96. The number of methoxy groups -OCH3 is 1. The summed E-state index contributed by atoms with van der Waals surface area (Å²) in [6.45, 7) is 0. The zero-order valence-corrected chi connectivity index (χ0v) is 12.1. The first-order valence-electron chi connectivity index (χ1n) is 5.79. The van der Waals surface area contributed by atoms with Crippen LogP contribution in [0.5, 0.6) is 5.88 Å². The molecule has 106 valence electrons. The molecule has 20 heavy (non-hydrogen) atoms. The molecule has 1 amide bonds. The highest BCUT2D eigenvalue weighted by Crippen LogP contribution is 2.22. The minimum atomic E-state index is -0.369. The van der Waals surface area contributed by atoms with Gasteiger partial charge in [0, 0.05) is 18.1 Å². The first kappa shape index (κ1) is 14.4. The highest BCUT2D eigenvalue weighted by atomic mass is 35.5. The molecule has 0 atom stereocenters. The average Bonchev–Trinajstić information content (AvgIpc) is 2.89. The molecule has 1 aromatic heterocycles. The maximum absolute atomic E-state index is 12.0. The van der Waals surface area contributed by atoms with Crippen LogP contribution in [0.4, 0.5) is 0 Å². The van der Waals surface area contributed by atoms with Crippen LogP contribution in [0.3, 0.4) is 0 Å². The summed E-state index contributed by atoms with van der Waals surface area (Å²) in [5.41, 5.74) is 0.916. The molecule has 0 unspecified atom stereocenters. The van der Waals surface area contributed by atoms with Crippen LogP contribution in [0.1, 0.15) is 10.5 Å². The van der Waals surface area contributed by atoms with Crippen molar-refractivity contribution in [3.05, 3.63) is 41.0 Å². The molecule has 0 N–H and O–H groups in total. The fraction of sp³-hybridized carbons (Fsp3) is 0.231. The van der Waals surface area contributed by atoms with Gasteiger partial charge >= 0.3 is 0 Å². The molecule has 0 aliphatic heterocycles. The van der Waals surface area contributed by atoms with Crippen LogP contribution >= 0.6 is 11.6 Å². The monoisotopic (exact) mass is 295 g/mol. The number of halogens is 1. The van der Waals surface area contributed by atoms with Crippen molar-refractivity contribution in [1.82, 2.24) is 14.8 Å². The van der Waals surface area contributed by atoms with Crippen LogP contribution < -0.4 is 4.74 Å². The Kier molecular flexibility index (Phi) is 4.26. The van der Waals surface area contributed by atoms with E-state index >= 15 is 0 Å². The van der Waals surface area contributed by atoms with Gasteiger partial charge in [0.05, 0.1) is 19.9 Å². The molecule has 0 aliphatic carbocycles. The maximum Gasteiger partial charge on any atom is 0.297 e. The Morgan fingerprint density at radius 3 is 2.70 bits per heavy atom. The van der Waals surface area contributed by atoms with Gasteiger partial charge in [-0.15, -0.1) is 0 Å². The number of hydrogen-bond donors (Lipinski definition) is 0. The number of carbonyl (C=O) groups excluding carboxylic acids is 1. The van der Waals surface area contributed by atoms with Gasteiger partial charge in [-0.2, -0.15) is 5.10 Å². The standard InChI is InChI=1S/C13H14ClN3O3/c1-16(20-3)13(18)11-8-12(19-2)17(15-11)10-6-4-5-9(14)7-10/h4-8H,1-3H3. The topological polar surface area (TPSA) is 56.6 Å². The average molecular weight is 296 g/mol. The third-order valence-electron chi connectivity index (χ3n) is 2.72. The van der Waals surface area contributed by atoms with Crippen LogP contribution in [0.2, 0.25) is 5.02 Å². The Bertz CT molecular complexity index is 627. The van der Waals surface area contributed by atoms with Gasteiger partial charge in [0.2, 0.25) is 5.88 Å². The number of benzene rings is 1. The molecule has 0 spiro atoms. The molecule has 0 saturated heterocycles. The van der Waals surface area contributed by atoms with E-state index < -0.39 is 0 Å². The summed E-state index contributed by atoms with van der Waals surface area (Å²) in [5.74, 6) is 0.0618. The predicted octanol–water partition coefficient (Wildman–Crippen LogP) is 2.17. The summed E-state index contributed by atoms with van der Waals surface area (Å²) in [6, 6.07) is 8.63. The van der Waals surface area contributed by atoms with Gasteiger partial charge in [0.15, 0.2) is 5.69 Å². The third-order valence-corrected chi connectivity index (χ3v) is 2.95. The largest absolute Gasteiger partial charge is 0.481 e. The number of hydrogen-bond acceptors (Lipinski definition) is 4. The summed E-state index contributed by atoms with van der Waals surface area (Å²) in [6.07, 6.45) is 0. The predicted molar refractivity (Wildman–Crippen MR) is 74.2 cm³/mol. The van der Waals surface area contributed by atoms with Crippen LogP contribution in [0.25, 0.3) is 5.69 Å². The van der Waals surface area contributed by atoms with Crippen molar-refractivity contribution in [3.8, 4) is 11.6 Å². The number of rotatable bonds is 4. The molecule has 2 rings (SSSR count). The summed E-state index contributed by atoms with van der Waals surface area (Å²) < 4.78 is 6.73. The number of hydroxylamine groups is 2. The van der Waals surface area contributed by atoms with Crippen LogP contribution in [0, 0.1) is 0 Å². The first-order valence-corrected chi connectivity index (χ1v) is 6.16. The fourth-order valence-corrected chi connectivity index (χ4v) is 1.84. The zero-order chi connectivity index (χ0) is 14.7. The molecule has 2 aromatic rings. The van der Waals surface area contributed by atoms with Gasteiger partial charge in [-0.05, 0) is 18.2 Å². The molecule has 0 fully saturated rings. The van der Waals surface area contributed by atoms with Gasteiger partial charge in [-0.3, -0.25) is 9.63 Å². The Hall–Kier alpha value is -2.05. The van der Waals surface area contributed by atoms with Crippen LogP contribution in [-0.2, 0) is 4.84 Å². The molecule has 6 nitrogen and oxygen atoms in total. The molecule has 0 radical (unpaired) electrons. The van der Waals surface area contributed by atoms with E-state index in [-0.39, 0.29) is 11.6 Å². The van der Waals surface area contributed by atoms with Gasteiger partial charge in [0.25, 0.3) is 5.91 Å². The van der Waals surface area contributed by atoms with Crippen molar-refractivity contribution in [2.45, 2.75) is 0 Å². The molecule has 0 aliphatic rings. The number of carbonyl (C=O) groups is 1. The Morgan fingerprint density at radius 2 is 2.10 bits per heavy atom. The quantitative estimate of drug-likeness (QED) is 0.811. The lowest BCUT2D eigenvalue weighted by Gasteiger charge is -2.11. The summed E-state index contributed by atoms with van der Waals surface area (Å²) in [5, 5.41) is 5.88. The van der Waals surface area contributed by atoms with Gasteiger partial charge in [0.1, 0.15) is 0 Å². The second-order valence-electron chi connectivity index (χ2n) is 3.95. The van der Waals surface area contributed by atoms with Crippen molar-refractivity contribution >= 4 is 17.5 Å². The lowest BCUT2D eigenvalue weighted by molar-refractivity contribution is -0.0760. The normalized spacial score (nSPS) is 10.4. The van der Waals surface area contributed by atoms with Crippen LogP contribution in [0.15, 0.2) is 30.3 Å². The van der Waals surface area contributed by atoms with Crippen molar-refractivity contribution < 1.29 is 14.4 Å². The molecule has 7 heteroatoms. The lowest BCUT2D eigenvalue weighted by atomic mass is 10.3. The molecule has 1 aromatic carbocycles. The second kappa shape index (κ2) is 5.94. The van der Waals surface area contributed by atoms with Crippen molar-refractivity contribution in [2.75, 3.05) is 21.3 Å². The lowest BCUT2D eigenvalue weighted by Crippen LogP contribution is -2.25. The summed E-state index contributed by atoms with van der Waals surface area (Å²) in [4.78, 5) is 16.8. The SMILES string of the molecule is COc1cc(C(=O)N(C)OC)nn1-c1cccc(Cl)c1. The van der Waals surface area contributed by atoms with E-state index in [1.54, 1.807) is 24.3 Å². The fourth-order valence-electron chi connectivity index (χ4n) is 1.65. The molecule has 0 saturated carbocycles. The second-order valence-corrected chi connectivity index (χ2v) is 4.39. The highest BCUT2D eigenvalue weighted by Gasteiger charge is 2.19. The molecule has 1 heterocycles. The Labute approximate surface area is 121 Å². The van der Waals surface area contributed by atoms with E-state index in [1.807, 2.05) is 6.07 Å². The van der Waals surface area contributed by atoms with E-state index in [9.17, 15) is 4.79 Å². The summed E-state index contributed by atoms with van der Waals surface area (Å²) in [7, 11) is 4.42. The third kappa shape index (κ3) is 2.76. The molecular weight excluding hydrogens is 282 g/mol. The Morgan fingerprint density at radius 1 is 1.35 bits per heavy atom. The number of amides is 1. The van der Waals surface area contributed by atoms with Crippen molar-refractivity contribution in [3.63, 3.8) is 0 Å². The minimum absolute atomic E-state index is 0.214. The zero-order valence-electron chi connectivity index (χ0n) is 11.3. The maximum atomic E-state index is 12.0. The van der Waals surface area contributed by atoms with Crippen LogP contribution in [-0.4, -0.2) is 42.0 Å². The van der Waals surface area contributed by atoms with Gasteiger partial charge < -0.3 is 4.74 Å². The number of nitrogens with zero attached hydrogens (tertiary/aromatic N) is 3.